The number of hydrogen-bond donors (Lipinski definition) is 2. The third-order valence-electron chi connectivity index (χ3n) is 3.60. The summed E-state index contributed by atoms with van der Waals surface area (Å²) in [7, 11) is 1.51. The van der Waals surface area contributed by atoms with Gasteiger partial charge in [-0.1, -0.05) is 6.07 Å². The molecule has 2 N–H and O–H groups in total. The molecule has 0 aliphatic carbocycles. The molecule has 2 aromatic carbocycles. The van der Waals surface area contributed by atoms with Gasteiger partial charge in [-0.15, -0.1) is 0 Å². The molecule has 0 bridgehead atoms. The van der Waals surface area contributed by atoms with Crippen molar-refractivity contribution in [2.24, 2.45) is 0 Å². The maximum atomic E-state index is 13.7. The fourth-order valence-electron chi connectivity index (χ4n) is 2.57. The smallest absolute Gasteiger partial charge is 0.258 e. The summed E-state index contributed by atoms with van der Waals surface area (Å²) in [5.41, 5.74) is 1.65. The number of aryl methyl sites for hydroxylation is 1. The second-order valence-corrected chi connectivity index (χ2v) is 5.09. The number of benzene rings is 2. The molecule has 0 aliphatic rings. The van der Waals surface area contributed by atoms with Gasteiger partial charge in [0.1, 0.15) is 17.4 Å². The van der Waals surface area contributed by atoms with E-state index in [4.69, 9.17) is 4.74 Å². The molecule has 0 aliphatic heterocycles. The minimum atomic E-state index is -0.831. The molecule has 0 saturated heterocycles. The number of amides is 1. The van der Waals surface area contributed by atoms with Crippen molar-refractivity contribution in [3.05, 3.63) is 59.3 Å². The lowest BCUT2D eigenvalue weighted by atomic mass is 10.1. The van der Waals surface area contributed by atoms with Gasteiger partial charge in [0.15, 0.2) is 0 Å². The van der Waals surface area contributed by atoms with Crippen LogP contribution >= 0.6 is 0 Å². The van der Waals surface area contributed by atoms with E-state index in [0.29, 0.717) is 22.4 Å². The summed E-state index contributed by atoms with van der Waals surface area (Å²) in [5, 5.41) is 3.09. The van der Waals surface area contributed by atoms with Gasteiger partial charge in [0.05, 0.1) is 29.3 Å². The number of carbonyl (C=O) groups excluding carboxylic acids is 1. The van der Waals surface area contributed by atoms with Crippen molar-refractivity contribution in [2.75, 3.05) is 12.4 Å². The monoisotopic (exact) mass is 316 g/mol. The Kier molecular flexibility index (Phi) is 3.73. The Morgan fingerprint density at radius 2 is 2.00 bits per heavy atom. The lowest BCUT2D eigenvalue weighted by Crippen LogP contribution is -2.14. The third-order valence-corrected chi connectivity index (χ3v) is 3.60. The number of H-pyrrole nitrogens is 1. The maximum Gasteiger partial charge on any atom is 0.258 e. The second-order valence-electron chi connectivity index (χ2n) is 5.09. The van der Waals surface area contributed by atoms with Gasteiger partial charge < -0.3 is 15.0 Å². The Bertz CT molecular complexity index is 903. The second kappa shape index (κ2) is 5.72. The maximum absolute atomic E-state index is 13.7. The molecule has 0 unspecified atom stereocenters. The van der Waals surface area contributed by atoms with Crippen molar-refractivity contribution >= 4 is 22.5 Å². The molecule has 4 nitrogen and oxygen atoms in total. The van der Waals surface area contributed by atoms with Gasteiger partial charge in [-0.3, -0.25) is 4.79 Å². The lowest BCUT2D eigenvalue weighted by Gasteiger charge is -2.08. The van der Waals surface area contributed by atoms with Crippen molar-refractivity contribution in [3.63, 3.8) is 0 Å². The molecule has 0 saturated carbocycles. The molecular formula is C17H14F2N2O2. The SMILES string of the molecule is COc1cccc2[nH]c(C)c(C(=O)Nc3ccc(F)cc3F)c12. The number of fused-ring (bicyclic) bond motifs is 1. The van der Waals surface area contributed by atoms with Gasteiger partial charge in [0.2, 0.25) is 0 Å². The quantitative estimate of drug-likeness (QED) is 0.767. The summed E-state index contributed by atoms with van der Waals surface area (Å²) in [4.78, 5) is 15.7. The van der Waals surface area contributed by atoms with Gasteiger partial charge in [-0.05, 0) is 31.2 Å². The Morgan fingerprint density at radius 1 is 1.22 bits per heavy atom. The summed E-state index contributed by atoms with van der Waals surface area (Å²) in [6, 6.07) is 8.35. The Balaban J connectivity index is 2.06. The van der Waals surface area contributed by atoms with E-state index in [-0.39, 0.29) is 5.69 Å². The first kappa shape index (κ1) is 15.0. The van der Waals surface area contributed by atoms with Crippen LogP contribution in [0, 0.1) is 18.6 Å². The van der Waals surface area contributed by atoms with E-state index < -0.39 is 17.5 Å². The van der Waals surface area contributed by atoms with Gasteiger partial charge in [-0.2, -0.15) is 0 Å². The lowest BCUT2D eigenvalue weighted by molar-refractivity contribution is 0.102. The molecule has 0 atom stereocenters. The third kappa shape index (κ3) is 2.63. The van der Waals surface area contributed by atoms with Crippen molar-refractivity contribution < 1.29 is 18.3 Å². The predicted molar refractivity (Wildman–Crippen MR) is 83.9 cm³/mol. The molecule has 1 heterocycles. The number of ether oxygens (including phenoxy) is 1. The molecule has 0 spiro atoms. The van der Waals surface area contributed by atoms with Crippen LogP contribution in [0.2, 0.25) is 0 Å². The standard InChI is InChI=1S/C17H14F2N2O2/c1-9-15(16-13(20-9)4-3-5-14(16)23-2)17(22)21-12-7-6-10(18)8-11(12)19/h3-8,20H,1-2H3,(H,21,22). The zero-order chi connectivity index (χ0) is 16.6. The van der Waals surface area contributed by atoms with Crippen LogP contribution in [0.25, 0.3) is 10.9 Å². The first-order chi connectivity index (χ1) is 11.0. The predicted octanol–water partition coefficient (Wildman–Crippen LogP) is 4.02. The van der Waals surface area contributed by atoms with Crippen molar-refractivity contribution in [1.82, 2.24) is 4.98 Å². The Hall–Kier alpha value is -2.89. The minimum Gasteiger partial charge on any atom is -0.496 e. The largest absolute Gasteiger partial charge is 0.496 e. The van der Waals surface area contributed by atoms with Crippen LogP contribution in [-0.2, 0) is 0 Å². The molecular weight excluding hydrogens is 302 g/mol. The average Bonchev–Trinajstić information content (AvgIpc) is 2.85. The van der Waals surface area contributed by atoms with Gasteiger partial charge in [-0.25, -0.2) is 8.78 Å². The van der Waals surface area contributed by atoms with E-state index in [1.165, 1.54) is 13.2 Å². The summed E-state index contributed by atoms with van der Waals surface area (Å²) >= 11 is 0. The number of halogens is 2. The van der Waals surface area contributed by atoms with Crippen molar-refractivity contribution in [2.45, 2.75) is 6.92 Å². The van der Waals surface area contributed by atoms with Crippen LogP contribution in [0.15, 0.2) is 36.4 Å². The van der Waals surface area contributed by atoms with Crippen LogP contribution in [0.4, 0.5) is 14.5 Å². The van der Waals surface area contributed by atoms with Crippen LogP contribution in [0.1, 0.15) is 16.1 Å². The van der Waals surface area contributed by atoms with E-state index in [2.05, 4.69) is 10.3 Å². The first-order valence-electron chi connectivity index (χ1n) is 6.93. The van der Waals surface area contributed by atoms with Crippen molar-refractivity contribution in [1.29, 1.82) is 0 Å². The number of aromatic nitrogens is 1. The fraction of sp³-hybridized carbons (Fsp3) is 0.118. The van der Waals surface area contributed by atoms with Gasteiger partial charge >= 0.3 is 0 Å². The van der Waals surface area contributed by atoms with Crippen LogP contribution in [0.3, 0.4) is 0 Å². The highest BCUT2D eigenvalue weighted by atomic mass is 19.1. The number of nitrogens with one attached hydrogen (secondary N) is 2. The molecule has 6 heteroatoms. The van der Waals surface area contributed by atoms with Gasteiger partial charge in [0, 0.05) is 11.8 Å². The normalized spacial score (nSPS) is 10.8. The molecule has 1 amide bonds. The number of aromatic amines is 1. The zero-order valence-electron chi connectivity index (χ0n) is 12.5. The highest BCUT2D eigenvalue weighted by Gasteiger charge is 2.20. The zero-order valence-corrected chi connectivity index (χ0v) is 12.5. The number of rotatable bonds is 3. The van der Waals surface area contributed by atoms with E-state index in [9.17, 15) is 13.6 Å². The molecule has 0 radical (unpaired) electrons. The summed E-state index contributed by atoms with van der Waals surface area (Å²) < 4.78 is 32.0. The first-order valence-corrected chi connectivity index (χ1v) is 6.93. The molecule has 3 aromatic rings. The number of methoxy groups -OCH3 is 1. The number of carbonyl (C=O) groups is 1. The topological polar surface area (TPSA) is 54.1 Å². The van der Waals surface area contributed by atoms with E-state index in [0.717, 1.165) is 17.6 Å². The Labute approximate surface area is 131 Å². The summed E-state index contributed by atoms with van der Waals surface area (Å²) in [5.74, 6) is -1.49. The molecule has 0 fully saturated rings. The number of anilines is 1. The van der Waals surface area contributed by atoms with Crippen LogP contribution in [0.5, 0.6) is 5.75 Å². The summed E-state index contributed by atoms with van der Waals surface area (Å²) in [6.45, 7) is 1.75. The Morgan fingerprint density at radius 3 is 2.70 bits per heavy atom. The minimum absolute atomic E-state index is 0.0833. The summed E-state index contributed by atoms with van der Waals surface area (Å²) in [6.07, 6.45) is 0. The van der Waals surface area contributed by atoms with E-state index in [1.54, 1.807) is 19.1 Å². The molecule has 118 valence electrons. The molecule has 1 aromatic heterocycles. The highest BCUT2D eigenvalue weighted by Crippen LogP contribution is 2.31. The van der Waals surface area contributed by atoms with Crippen molar-refractivity contribution in [3.8, 4) is 5.75 Å². The van der Waals surface area contributed by atoms with E-state index >= 15 is 0 Å². The fourth-order valence-corrected chi connectivity index (χ4v) is 2.57. The molecule has 3 rings (SSSR count). The van der Waals surface area contributed by atoms with Gasteiger partial charge in [0.25, 0.3) is 5.91 Å². The van der Waals surface area contributed by atoms with Crippen LogP contribution < -0.4 is 10.1 Å². The highest BCUT2D eigenvalue weighted by molar-refractivity contribution is 6.15. The van der Waals surface area contributed by atoms with E-state index in [1.807, 2.05) is 6.07 Å². The molecule has 23 heavy (non-hydrogen) atoms. The number of hydrogen-bond acceptors (Lipinski definition) is 2. The average molecular weight is 316 g/mol. The van der Waals surface area contributed by atoms with Crippen LogP contribution in [-0.4, -0.2) is 18.0 Å².